The number of benzene rings is 1. The van der Waals surface area contributed by atoms with Gasteiger partial charge in [0.05, 0.1) is 4.92 Å². The summed E-state index contributed by atoms with van der Waals surface area (Å²) in [6.07, 6.45) is -2.56. The zero-order chi connectivity index (χ0) is 26.2. The highest BCUT2D eigenvalue weighted by Gasteiger charge is 2.25. The van der Waals surface area contributed by atoms with Crippen LogP contribution in [0.25, 0.3) is 0 Å². The van der Waals surface area contributed by atoms with Crippen molar-refractivity contribution in [3.63, 3.8) is 0 Å². The molecule has 1 heterocycles. The Bertz CT molecular complexity index is 876. The molecule has 0 aromatic heterocycles. The molecule has 3 N–H and O–H groups in total. The van der Waals surface area contributed by atoms with Crippen molar-refractivity contribution in [3.05, 3.63) is 39.9 Å². The van der Waals surface area contributed by atoms with Crippen molar-refractivity contribution in [2.45, 2.75) is 38.8 Å². The van der Waals surface area contributed by atoms with Crippen molar-refractivity contribution < 1.29 is 34.3 Å². The van der Waals surface area contributed by atoms with Crippen LogP contribution in [0.5, 0.6) is 0 Å². The topological polar surface area (TPSA) is 166 Å². The predicted octanol–water partition coefficient (Wildman–Crippen LogP) is 2.31. The summed E-state index contributed by atoms with van der Waals surface area (Å²) in [7, 11) is 0. The Morgan fingerprint density at radius 3 is 1.91 bits per heavy atom. The number of rotatable bonds is 6. The molecule has 1 saturated heterocycles. The van der Waals surface area contributed by atoms with Gasteiger partial charge >= 0.3 is 18.3 Å². The molecule has 0 aliphatic carbocycles. The van der Waals surface area contributed by atoms with E-state index in [1.54, 1.807) is 32.9 Å². The number of alkyl carbamates (subject to hydrolysis) is 1. The average molecular weight is 496 g/mol. The van der Waals surface area contributed by atoms with Gasteiger partial charge in [-0.05, 0) is 32.8 Å². The van der Waals surface area contributed by atoms with Gasteiger partial charge < -0.3 is 30.1 Å². The Labute approximate surface area is 203 Å². The third kappa shape index (κ3) is 9.65. The molecule has 1 aliphatic rings. The fourth-order valence-corrected chi connectivity index (χ4v) is 3.65. The van der Waals surface area contributed by atoms with Crippen LogP contribution in [-0.4, -0.2) is 106 Å². The summed E-state index contributed by atoms with van der Waals surface area (Å²) in [6.45, 7) is 6.67. The number of carbonyl (C=O) groups is 3. The maximum Gasteiger partial charge on any atom is 0.407 e. The summed E-state index contributed by atoms with van der Waals surface area (Å²) in [5, 5.41) is 32.7. The first-order chi connectivity index (χ1) is 16.3. The second-order valence-electron chi connectivity index (χ2n) is 9.31. The van der Waals surface area contributed by atoms with Crippen LogP contribution >= 0.6 is 0 Å². The van der Waals surface area contributed by atoms with E-state index in [4.69, 9.17) is 4.74 Å². The van der Waals surface area contributed by atoms with Gasteiger partial charge in [0.2, 0.25) is 0 Å². The van der Waals surface area contributed by atoms with Crippen molar-refractivity contribution in [2.24, 2.45) is 0 Å². The highest BCUT2D eigenvalue weighted by Crippen LogP contribution is 2.15. The normalized spacial score (nSPS) is 16.4. The van der Waals surface area contributed by atoms with Crippen LogP contribution in [-0.2, 0) is 11.2 Å². The molecule has 0 saturated carbocycles. The van der Waals surface area contributed by atoms with Gasteiger partial charge in [-0.2, -0.15) is 0 Å². The lowest BCUT2D eigenvalue weighted by molar-refractivity contribution is -0.384. The summed E-state index contributed by atoms with van der Waals surface area (Å²) >= 11 is 0. The van der Waals surface area contributed by atoms with Gasteiger partial charge in [0, 0.05) is 64.0 Å². The SMILES string of the molecule is CC(C)(C)OC(=O)NC(Cc1ccc([N+](=O)[O-])cc1)CN1CCN(C(=O)O)CCN(C(=O)O)CC1. The van der Waals surface area contributed by atoms with Crippen LogP contribution in [0.3, 0.4) is 0 Å². The van der Waals surface area contributed by atoms with E-state index < -0.39 is 34.8 Å². The zero-order valence-corrected chi connectivity index (χ0v) is 20.2. The number of nitrogens with one attached hydrogen (secondary N) is 1. The van der Waals surface area contributed by atoms with Crippen LogP contribution < -0.4 is 5.32 Å². The molecule has 194 valence electrons. The van der Waals surface area contributed by atoms with Crippen molar-refractivity contribution in [3.8, 4) is 0 Å². The Kier molecular flexibility index (Phi) is 9.63. The maximum absolute atomic E-state index is 12.5. The molecule has 13 heteroatoms. The molecule has 1 fully saturated rings. The van der Waals surface area contributed by atoms with E-state index in [1.807, 2.05) is 4.90 Å². The average Bonchev–Trinajstić information content (AvgIpc) is 2.83. The number of hydrogen-bond acceptors (Lipinski definition) is 7. The van der Waals surface area contributed by atoms with Gasteiger partial charge in [0.1, 0.15) is 5.60 Å². The highest BCUT2D eigenvalue weighted by molar-refractivity contribution is 5.68. The molecular weight excluding hydrogens is 462 g/mol. The van der Waals surface area contributed by atoms with E-state index in [2.05, 4.69) is 5.32 Å². The molecule has 1 atom stereocenters. The number of carbonyl (C=O) groups excluding carboxylic acids is 1. The maximum atomic E-state index is 12.5. The molecule has 1 aromatic rings. The van der Waals surface area contributed by atoms with Crippen molar-refractivity contribution in [2.75, 3.05) is 45.8 Å². The van der Waals surface area contributed by atoms with E-state index in [-0.39, 0.29) is 38.4 Å². The van der Waals surface area contributed by atoms with Crippen LogP contribution in [0.4, 0.5) is 20.1 Å². The number of ether oxygens (including phenoxy) is 1. The lowest BCUT2D eigenvalue weighted by Crippen LogP contribution is -2.49. The first-order valence-corrected chi connectivity index (χ1v) is 11.2. The number of nitrogens with zero attached hydrogens (tertiary/aromatic N) is 4. The molecule has 1 unspecified atom stereocenters. The van der Waals surface area contributed by atoms with Crippen molar-refractivity contribution in [1.29, 1.82) is 0 Å². The summed E-state index contributed by atoms with van der Waals surface area (Å²) in [4.78, 5) is 50.3. The minimum atomic E-state index is -1.13. The van der Waals surface area contributed by atoms with Crippen LogP contribution in [0.15, 0.2) is 24.3 Å². The number of nitro groups is 1. The molecular formula is C22H33N5O8. The Morgan fingerprint density at radius 2 is 1.49 bits per heavy atom. The fourth-order valence-electron chi connectivity index (χ4n) is 3.65. The van der Waals surface area contributed by atoms with Gasteiger partial charge in [0.15, 0.2) is 0 Å². The fraction of sp³-hybridized carbons (Fsp3) is 0.591. The molecule has 1 aromatic carbocycles. The molecule has 13 nitrogen and oxygen atoms in total. The van der Waals surface area contributed by atoms with E-state index in [9.17, 15) is 34.7 Å². The van der Waals surface area contributed by atoms with Crippen molar-refractivity contribution in [1.82, 2.24) is 20.0 Å². The molecule has 0 radical (unpaired) electrons. The molecule has 3 amide bonds. The molecule has 0 bridgehead atoms. The molecule has 0 spiro atoms. The second kappa shape index (κ2) is 12.2. The number of nitro benzene ring substituents is 1. The van der Waals surface area contributed by atoms with E-state index in [0.29, 0.717) is 19.5 Å². The first kappa shape index (κ1) is 27.6. The molecule has 2 rings (SSSR count). The van der Waals surface area contributed by atoms with Crippen molar-refractivity contribution >= 4 is 24.0 Å². The highest BCUT2D eigenvalue weighted by atomic mass is 16.6. The van der Waals surface area contributed by atoms with Gasteiger partial charge in [0.25, 0.3) is 5.69 Å². The van der Waals surface area contributed by atoms with Crippen LogP contribution in [0.2, 0.25) is 0 Å². The monoisotopic (exact) mass is 495 g/mol. The molecule has 1 aliphatic heterocycles. The summed E-state index contributed by atoms with van der Waals surface area (Å²) in [5.41, 5.74) is -0.0158. The van der Waals surface area contributed by atoms with Gasteiger partial charge in [-0.1, -0.05) is 12.1 Å². The third-order valence-corrected chi connectivity index (χ3v) is 5.38. The third-order valence-electron chi connectivity index (χ3n) is 5.38. The lowest BCUT2D eigenvalue weighted by atomic mass is 10.0. The van der Waals surface area contributed by atoms with E-state index in [1.165, 1.54) is 21.9 Å². The Morgan fingerprint density at radius 1 is 1.00 bits per heavy atom. The quantitative estimate of drug-likeness (QED) is 0.396. The zero-order valence-electron chi connectivity index (χ0n) is 20.2. The van der Waals surface area contributed by atoms with Crippen LogP contribution in [0, 0.1) is 10.1 Å². The largest absolute Gasteiger partial charge is 0.465 e. The predicted molar refractivity (Wildman–Crippen MR) is 126 cm³/mol. The Balaban J connectivity index is 2.20. The minimum Gasteiger partial charge on any atom is -0.465 e. The summed E-state index contributed by atoms with van der Waals surface area (Å²) < 4.78 is 5.38. The lowest BCUT2D eigenvalue weighted by Gasteiger charge is -2.30. The number of carboxylic acid groups (broad SMARTS) is 2. The van der Waals surface area contributed by atoms with E-state index >= 15 is 0 Å². The van der Waals surface area contributed by atoms with Gasteiger partial charge in [-0.3, -0.25) is 15.0 Å². The smallest absolute Gasteiger partial charge is 0.407 e. The first-order valence-electron chi connectivity index (χ1n) is 11.2. The summed E-state index contributed by atoms with van der Waals surface area (Å²) in [6, 6.07) is 5.51. The Hall–Kier alpha value is -3.61. The summed E-state index contributed by atoms with van der Waals surface area (Å²) in [5.74, 6) is 0. The number of amides is 3. The van der Waals surface area contributed by atoms with Crippen LogP contribution in [0.1, 0.15) is 26.3 Å². The van der Waals surface area contributed by atoms with Gasteiger partial charge in [-0.25, -0.2) is 14.4 Å². The second-order valence-corrected chi connectivity index (χ2v) is 9.31. The minimum absolute atomic E-state index is 0.0482. The number of non-ortho nitro benzene ring substituents is 1. The standard InChI is InChI=1S/C22H33N5O8/c1-22(2,3)35-19(28)23-17(14-16-4-6-18(7-5-16)27(33)34)15-24-8-10-25(20(29)30)12-13-26(11-9-24)21(31)32/h4-7,17H,8-15H2,1-3H3,(H,23,28)(H,29,30)(H,31,32). The van der Waals surface area contributed by atoms with E-state index in [0.717, 1.165) is 5.56 Å². The number of hydrogen-bond donors (Lipinski definition) is 3. The van der Waals surface area contributed by atoms with Gasteiger partial charge in [-0.15, -0.1) is 0 Å². The molecule has 35 heavy (non-hydrogen) atoms.